The lowest BCUT2D eigenvalue weighted by molar-refractivity contribution is 0.0525. The lowest BCUT2D eigenvalue weighted by Crippen LogP contribution is -2.36. The van der Waals surface area contributed by atoms with Gasteiger partial charge in [-0.25, -0.2) is 9.78 Å². The highest BCUT2D eigenvalue weighted by Gasteiger charge is 2.21. The zero-order chi connectivity index (χ0) is 13.7. The second kappa shape index (κ2) is 7.01. The number of hydrogen-bond acceptors (Lipinski definition) is 5. The summed E-state index contributed by atoms with van der Waals surface area (Å²) in [7, 11) is 0. The fraction of sp³-hybridized carbons (Fsp3) is 0.714. The number of aromatic nitrogens is 1. The molecule has 0 spiro atoms. The van der Waals surface area contributed by atoms with Crippen LogP contribution in [0.25, 0.3) is 0 Å². The van der Waals surface area contributed by atoms with Gasteiger partial charge in [0.15, 0.2) is 0 Å². The summed E-state index contributed by atoms with van der Waals surface area (Å²) in [5.41, 5.74) is 0.936. The van der Waals surface area contributed by atoms with Crippen LogP contribution < -0.4 is 5.32 Å². The molecule has 1 heterocycles. The van der Waals surface area contributed by atoms with Crippen LogP contribution >= 0.6 is 11.3 Å². The number of ether oxygens (including phenoxy) is 1. The molecule has 106 valence electrons. The van der Waals surface area contributed by atoms with E-state index in [1.807, 2.05) is 5.38 Å². The van der Waals surface area contributed by atoms with Crippen molar-refractivity contribution in [1.29, 1.82) is 0 Å². The fourth-order valence-electron chi connectivity index (χ4n) is 2.53. The summed E-state index contributed by atoms with van der Waals surface area (Å²) in [6, 6.07) is 0.585. The zero-order valence-corrected chi connectivity index (χ0v) is 12.5. The second-order valence-electron chi connectivity index (χ2n) is 5.11. The van der Waals surface area contributed by atoms with E-state index < -0.39 is 0 Å². The standard InChI is InChI=1S/C14H22N2O2S/c1-3-18-14(17)13-16-11(9-19-13)8-15-12-7-5-4-6-10(12)2/h9-10,12,15H,3-8H2,1-2H3/t10-,12-/m1/s1. The highest BCUT2D eigenvalue weighted by atomic mass is 32.1. The first-order valence-electron chi connectivity index (χ1n) is 7.05. The highest BCUT2D eigenvalue weighted by molar-refractivity contribution is 7.11. The lowest BCUT2D eigenvalue weighted by Gasteiger charge is -2.29. The van der Waals surface area contributed by atoms with Gasteiger partial charge in [-0.05, 0) is 25.7 Å². The molecule has 0 saturated heterocycles. The van der Waals surface area contributed by atoms with Crippen LogP contribution in [0.2, 0.25) is 0 Å². The van der Waals surface area contributed by atoms with Gasteiger partial charge in [-0.1, -0.05) is 19.8 Å². The Labute approximate surface area is 118 Å². The number of nitrogens with zero attached hydrogens (tertiary/aromatic N) is 1. The Morgan fingerprint density at radius 3 is 3.05 bits per heavy atom. The van der Waals surface area contributed by atoms with Crippen LogP contribution in [-0.4, -0.2) is 23.6 Å². The summed E-state index contributed by atoms with van der Waals surface area (Å²) >= 11 is 1.36. The summed E-state index contributed by atoms with van der Waals surface area (Å²) < 4.78 is 4.94. The third kappa shape index (κ3) is 4.01. The van der Waals surface area contributed by atoms with E-state index in [1.54, 1.807) is 6.92 Å². The summed E-state index contributed by atoms with van der Waals surface area (Å²) in [5.74, 6) is 0.418. The Morgan fingerprint density at radius 2 is 2.32 bits per heavy atom. The molecule has 1 aromatic rings. The average Bonchev–Trinajstić information content (AvgIpc) is 2.87. The normalized spacial score (nSPS) is 23.3. The lowest BCUT2D eigenvalue weighted by atomic mass is 9.86. The SMILES string of the molecule is CCOC(=O)c1nc(CN[C@@H]2CCCC[C@H]2C)cs1. The molecule has 4 nitrogen and oxygen atoms in total. The molecule has 1 saturated carbocycles. The molecule has 0 aromatic carbocycles. The number of nitrogens with one attached hydrogen (secondary N) is 1. The fourth-order valence-corrected chi connectivity index (χ4v) is 3.24. The minimum absolute atomic E-state index is 0.315. The van der Waals surface area contributed by atoms with Gasteiger partial charge in [0.1, 0.15) is 0 Å². The predicted octanol–water partition coefficient (Wildman–Crippen LogP) is 2.99. The maximum absolute atomic E-state index is 11.5. The Morgan fingerprint density at radius 1 is 1.53 bits per heavy atom. The van der Waals surface area contributed by atoms with Crippen LogP contribution in [0.3, 0.4) is 0 Å². The summed E-state index contributed by atoms with van der Waals surface area (Å²) in [4.78, 5) is 15.8. The second-order valence-corrected chi connectivity index (χ2v) is 5.97. The van der Waals surface area contributed by atoms with Gasteiger partial charge in [-0.3, -0.25) is 0 Å². The maximum Gasteiger partial charge on any atom is 0.367 e. The quantitative estimate of drug-likeness (QED) is 0.844. The predicted molar refractivity (Wildman–Crippen MR) is 76.3 cm³/mol. The number of carbonyl (C=O) groups excluding carboxylic acids is 1. The van der Waals surface area contributed by atoms with Gasteiger partial charge >= 0.3 is 5.97 Å². The molecular weight excluding hydrogens is 260 g/mol. The molecule has 1 N–H and O–H groups in total. The van der Waals surface area contributed by atoms with Gasteiger partial charge in [0.25, 0.3) is 0 Å². The van der Waals surface area contributed by atoms with Crippen LogP contribution in [0.15, 0.2) is 5.38 Å². The first-order chi connectivity index (χ1) is 9.20. The Bertz CT molecular complexity index is 419. The molecule has 19 heavy (non-hydrogen) atoms. The van der Waals surface area contributed by atoms with E-state index in [0.29, 0.717) is 17.7 Å². The van der Waals surface area contributed by atoms with Crippen molar-refractivity contribution in [2.45, 2.75) is 52.1 Å². The number of thiazole rings is 1. The molecule has 0 amide bonds. The van der Waals surface area contributed by atoms with Gasteiger partial charge in [-0.15, -0.1) is 11.3 Å². The third-order valence-electron chi connectivity index (χ3n) is 3.66. The topological polar surface area (TPSA) is 51.2 Å². The van der Waals surface area contributed by atoms with Gasteiger partial charge in [0.05, 0.1) is 12.3 Å². The van der Waals surface area contributed by atoms with Gasteiger partial charge in [-0.2, -0.15) is 0 Å². The first kappa shape index (κ1) is 14.5. The molecule has 1 fully saturated rings. The van der Waals surface area contributed by atoms with Crippen molar-refractivity contribution in [1.82, 2.24) is 10.3 Å². The largest absolute Gasteiger partial charge is 0.461 e. The van der Waals surface area contributed by atoms with Crippen molar-refractivity contribution in [3.05, 3.63) is 16.1 Å². The van der Waals surface area contributed by atoms with E-state index in [-0.39, 0.29) is 5.97 Å². The van der Waals surface area contributed by atoms with Crippen molar-refractivity contribution in [2.24, 2.45) is 5.92 Å². The molecule has 2 atom stereocenters. The molecule has 2 rings (SSSR count). The van der Waals surface area contributed by atoms with Crippen LogP contribution in [0.4, 0.5) is 0 Å². The van der Waals surface area contributed by atoms with Crippen LogP contribution in [0.1, 0.15) is 55.0 Å². The van der Waals surface area contributed by atoms with E-state index in [4.69, 9.17) is 4.74 Å². The summed E-state index contributed by atoms with van der Waals surface area (Å²) in [6.45, 7) is 5.25. The number of carbonyl (C=O) groups is 1. The Hall–Kier alpha value is -0.940. The summed E-state index contributed by atoms with van der Waals surface area (Å²) in [6.07, 6.45) is 5.22. The molecule has 5 heteroatoms. The van der Waals surface area contributed by atoms with Crippen LogP contribution in [-0.2, 0) is 11.3 Å². The molecule has 0 bridgehead atoms. The molecule has 1 aromatic heterocycles. The molecule has 1 aliphatic carbocycles. The Kier molecular flexibility index (Phi) is 5.34. The van der Waals surface area contributed by atoms with Crippen molar-refractivity contribution in [3.8, 4) is 0 Å². The monoisotopic (exact) mass is 282 g/mol. The minimum atomic E-state index is -0.315. The number of hydrogen-bond donors (Lipinski definition) is 1. The zero-order valence-electron chi connectivity index (χ0n) is 11.6. The molecule has 1 aliphatic rings. The first-order valence-corrected chi connectivity index (χ1v) is 7.93. The van der Waals surface area contributed by atoms with E-state index in [2.05, 4.69) is 17.2 Å². The highest BCUT2D eigenvalue weighted by Crippen LogP contribution is 2.24. The van der Waals surface area contributed by atoms with E-state index >= 15 is 0 Å². The summed E-state index contributed by atoms with van der Waals surface area (Å²) in [5, 5.41) is 5.96. The van der Waals surface area contributed by atoms with Crippen molar-refractivity contribution in [3.63, 3.8) is 0 Å². The van der Waals surface area contributed by atoms with E-state index in [0.717, 1.165) is 18.2 Å². The van der Waals surface area contributed by atoms with Gasteiger partial charge < -0.3 is 10.1 Å². The minimum Gasteiger partial charge on any atom is -0.461 e. The van der Waals surface area contributed by atoms with E-state index in [1.165, 1.54) is 37.0 Å². The maximum atomic E-state index is 11.5. The van der Waals surface area contributed by atoms with Gasteiger partial charge in [0.2, 0.25) is 5.01 Å². The average molecular weight is 282 g/mol. The number of esters is 1. The number of rotatable bonds is 5. The van der Waals surface area contributed by atoms with Crippen molar-refractivity contribution < 1.29 is 9.53 Å². The van der Waals surface area contributed by atoms with Crippen LogP contribution in [0.5, 0.6) is 0 Å². The van der Waals surface area contributed by atoms with Gasteiger partial charge in [0, 0.05) is 18.0 Å². The molecular formula is C14H22N2O2S. The van der Waals surface area contributed by atoms with Crippen molar-refractivity contribution in [2.75, 3.05) is 6.61 Å². The van der Waals surface area contributed by atoms with Crippen LogP contribution in [0, 0.1) is 5.92 Å². The molecule has 0 aliphatic heterocycles. The molecule has 0 radical (unpaired) electrons. The Balaban J connectivity index is 1.84. The third-order valence-corrected chi connectivity index (χ3v) is 4.53. The molecule has 0 unspecified atom stereocenters. The smallest absolute Gasteiger partial charge is 0.367 e. The van der Waals surface area contributed by atoms with Crippen molar-refractivity contribution >= 4 is 17.3 Å². The van der Waals surface area contributed by atoms with E-state index in [9.17, 15) is 4.79 Å².